The molecule has 0 aliphatic rings. The number of halogens is 1. The number of carbonyl (C=O) groups is 2. The van der Waals surface area contributed by atoms with Crippen LogP contribution in [0.4, 0.5) is 10.1 Å². The van der Waals surface area contributed by atoms with Crippen molar-refractivity contribution in [2.24, 2.45) is 0 Å². The molecule has 0 saturated carbocycles. The van der Waals surface area contributed by atoms with Crippen molar-refractivity contribution in [3.05, 3.63) is 41.8 Å². The third kappa shape index (κ3) is 5.83. The van der Waals surface area contributed by atoms with Crippen molar-refractivity contribution < 1.29 is 18.5 Å². The Bertz CT molecular complexity index is 751. The van der Waals surface area contributed by atoms with Crippen LogP contribution in [0.1, 0.15) is 25.6 Å². The average Bonchev–Trinajstić information content (AvgIpc) is 3.08. The van der Waals surface area contributed by atoms with Crippen molar-refractivity contribution in [1.82, 2.24) is 15.0 Å². The number of carbonyl (C=O) groups excluding carboxylic acids is 2. The molecule has 9 heteroatoms. The lowest BCUT2D eigenvalue weighted by atomic mass is 10.3. The summed E-state index contributed by atoms with van der Waals surface area (Å²) < 4.78 is 17.9. The molecule has 26 heavy (non-hydrogen) atoms. The molecule has 2 amide bonds. The van der Waals surface area contributed by atoms with E-state index in [1.165, 1.54) is 40.9 Å². The highest BCUT2D eigenvalue weighted by Crippen LogP contribution is 2.15. The van der Waals surface area contributed by atoms with Crippen LogP contribution in [0.2, 0.25) is 0 Å². The third-order valence-corrected chi connectivity index (χ3v) is 4.65. The smallest absolute Gasteiger partial charge is 0.246 e. The first-order valence-electron chi connectivity index (χ1n) is 8.12. The molecule has 140 valence electrons. The van der Waals surface area contributed by atoms with Crippen LogP contribution in [-0.2, 0) is 22.6 Å². The molecule has 1 aromatic heterocycles. The van der Waals surface area contributed by atoms with Gasteiger partial charge in [-0.05, 0) is 31.2 Å². The predicted molar refractivity (Wildman–Crippen MR) is 97.1 cm³/mol. The van der Waals surface area contributed by atoms with Gasteiger partial charge in [0.2, 0.25) is 17.7 Å². The maximum Gasteiger partial charge on any atom is 0.246 e. The SMILES string of the molecule is CCc1noc(CN(C)C(=O)C(C)SCC(=O)Nc2ccc(F)cc2)n1. The molecule has 0 spiro atoms. The number of aromatic nitrogens is 2. The zero-order chi connectivity index (χ0) is 19.1. The quantitative estimate of drug-likeness (QED) is 0.757. The van der Waals surface area contributed by atoms with Gasteiger partial charge < -0.3 is 14.7 Å². The Morgan fingerprint density at radius 1 is 1.35 bits per heavy atom. The van der Waals surface area contributed by atoms with E-state index in [1.807, 2.05) is 6.92 Å². The highest BCUT2D eigenvalue weighted by Gasteiger charge is 2.21. The van der Waals surface area contributed by atoms with E-state index in [1.54, 1.807) is 14.0 Å². The van der Waals surface area contributed by atoms with Gasteiger partial charge in [-0.2, -0.15) is 4.98 Å². The minimum atomic E-state index is -0.410. The summed E-state index contributed by atoms with van der Waals surface area (Å²) in [7, 11) is 1.65. The van der Waals surface area contributed by atoms with E-state index in [4.69, 9.17) is 4.52 Å². The van der Waals surface area contributed by atoms with E-state index in [-0.39, 0.29) is 29.9 Å². The summed E-state index contributed by atoms with van der Waals surface area (Å²) in [5.74, 6) is 0.324. The summed E-state index contributed by atoms with van der Waals surface area (Å²) in [4.78, 5) is 30.0. The maximum atomic E-state index is 12.8. The second-order valence-electron chi connectivity index (χ2n) is 5.66. The van der Waals surface area contributed by atoms with Gasteiger partial charge in [-0.1, -0.05) is 12.1 Å². The lowest BCUT2D eigenvalue weighted by Gasteiger charge is -2.19. The van der Waals surface area contributed by atoms with E-state index in [0.29, 0.717) is 23.8 Å². The fraction of sp³-hybridized carbons (Fsp3) is 0.412. The van der Waals surface area contributed by atoms with Gasteiger partial charge in [-0.3, -0.25) is 9.59 Å². The Labute approximate surface area is 155 Å². The second-order valence-corrected chi connectivity index (χ2v) is 6.99. The molecule has 1 atom stereocenters. The van der Waals surface area contributed by atoms with Gasteiger partial charge in [0.05, 0.1) is 17.5 Å². The minimum absolute atomic E-state index is 0.110. The maximum absolute atomic E-state index is 12.8. The van der Waals surface area contributed by atoms with Gasteiger partial charge >= 0.3 is 0 Å². The van der Waals surface area contributed by atoms with E-state index < -0.39 is 5.25 Å². The molecule has 2 rings (SSSR count). The van der Waals surface area contributed by atoms with Crippen LogP contribution in [0.25, 0.3) is 0 Å². The number of benzene rings is 1. The summed E-state index contributed by atoms with van der Waals surface area (Å²) in [6, 6.07) is 5.50. The number of amides is 2. The number of rotatable bonds is 8. The number of hydrogen-bond acceptors (Lipinski definition) is 6. The van der Waals surface area contributed by atoms with Gasteiger partial charge in [0.25, 0.3) is 0 Å². The van der Waals surface area contributed by atoms with Crippen molar-refractivity contribution in [2.45, 2.75) is 32.1 Å². The molecular formula is C17H21FN4O3S. The zero-order valence-electron chi connectivity index (χ0n) is 14.9. The van der Waals surface area contributed by atoms with E-state index >= 15 is 0 Å². The number of anilines is 1. The highest BCUT2D eigenvalue weighted by molar-refractivity contribution is 8.01. The largest absolute Gasteiger partial charge is 0.337 e. The van der Waals surface area contributed by atoms with Crippen molar-refractivity contribution in [3.8, 4) is 0 Å². The van der Waals surface area contributed by atoms with E-state index in [0.717, 1.165) is 0 Å². The number of thioether (sulfide) groups is 1. The van der Waals surface area contributed by atoms with Crippen molar-refractivity contribution in [2.75, 3.05) is 18.1 Å². The molecule has 1 aromatic carbocycles. The van der Waals surface area contributed by atoms with Crippen molar-refractivity contribution in [1.29, 1.82) is 0 Å². The molecular weight excluding hydrogens is 359 g/mol. The van der Waals surface area contributed by atoms with Crippen LogP contribution < -0.4 is 5.32 Å². The fourth-order valence-electron chi connectivity index (χ4n) is 2.09. The first-order valence-corrected chi connectivity index (χ1v) is 9.17. The number of hydrogen-bond donors (Lipinski definition) is 1. The number of nitrogens with one attached hydrogen (secondary N) is 1. The van der Waals surface area contributed by atoms with Crippen LogP contribution in [0.5, 0.6) is 0 Å². The topological polar surface area (TPSA) is 88.3 Å². The van der Waals surface area contributed by atoms with Crippen LogP contribution in [0.15, 0.2) is 28.8 Å². The molecule has 0 saturated heterocycles. The molecule has 0 aliphatic heterocycles. The standard InChI is InChI=1S/C17H21FN4O3S/c1-4-14-20-16(25-21-14)9-22(3)17(24)11(2)26-10-15(23)19-13-7-5-12(18)6-8-13/h5-8,11H,4,9-10H2,1-3H3,(H,19,23). The molecule has 0 radical (unpaired) electrons. The van der Waals surface area contributed by atoms with Gasteiger partial charge in [-0.25, -0.2) is 4.39 Å². The molecule has 1 unspecified atom stereocenters. The van der Waals surface area contributed by atoms with Crippen LogP contribution in [0.3, 0.4) is 0 Å². The van der Waals surface area contributed by atoms with Crippen LogP contribution in [-0.4, -0.2) is 44.9 Å². The van der Waals surface area contributed by atoms with E-state index in [9.17, 15) is 14.0 Å². The second kappa shape index (κ2) is 9.33. The Morgan fingerprint density at radius 3 is 2.65 bits per heavy atom. The average molecular weight is 380 g/mol. The summed E-state index contributed by atoms with van der Waals surface area (Å²) >= 11 is 1.22. The summed E-state index contributed by atoms with van der Waals surface area (Å²) in [5.41, 5.74) is 0.510. The molecule has 1 heterocycles. The van der Waals surface area contributed by atoms with Gasteiger partial charge in [0.15, 0.2) is 5.82 Å². The van der Waals surface area contributed by atoms with Gasteiger partial charge in [-0.15, -0.1) is 11.8 Å². The minimum Gasteiger partial charge on any atom is -0.337 e. The van der Waals surface area contributed by atoms with Gasteiger partial charge in [0.1, 0.15) is 5.82 Å². The molecule has 0 fully saturated rings. The van der Waals surface area contributed by atoms with Crippen LogP contribution >= 0.6 is 11.8 Å². The summed E-state index contributed by atoms with van der Waals surface area (Å²) in [5, 5.41) is 6.04. The zero-order valence-corrected chi connectivity index (χ0v) is 15.7. The van der Waals surface area contributed by atoms with Crippen LogP contribution in [0, 0.1) is 5.82 Å². The Hall–Kier alpha value is -2.42. The molecule has 0 bridgehead atoms. The molecule has 7 nitrogen and oxygen atoms in total. The predicted octanol–water partition coefficient (Wildman–Crippen LogP) is 2.49. The molecule has 2 aromatic rings. The monoisotopic (exact) mass is 380 g/mol. The molecule has 1 N–H and O–H groups in total. The first-order chi connectivity index (χ1) is 12.4. The Kier molecular flexibility index (Phi) is 7.14. The van der Waals surface area contributed by atoms with Gasteiger partial charge in [0, 0.05) is 19.2 Å². The number of aryl methyl sites for hydroxylation is 1. The highest BCUT2D eigenvalue weighted by atomic mass is 32.2. The molecule has 0 aliphatic carbocycles. The lowest BCUT2D eigenvalue weighted by molar-refractivity contribution is -0.129. The summed E-state index contributed by atoms with van der Waals surface area (Å²) in [6.45, 7) is 3.87. The van der Waals surface area contributed by atoms with Crippen molar-refractivity contribution >= 4 is 29.3 Å². The third-order valence-electron chi connectivity index (χ3n) is 3.52. The lowest BCUT2D eigenvalue weighted by Crippen LogP contribution is -2.33. The normalized spacial score (nSPS) is 11.8. The van der Waals surface area contributed by atoms with Crippen molar-refractivity contribution in [3.63, 3.8) is 0 Å². The Balaban J connectivity index is 1.78. The van der Waals surface area contributed by atoms with E-state index in [2.05, 4.69) is 15.5 Å². The first kappa shape index (κ1) is 19.9. The Morgan fingerprint density at radius 2 is 2.04 bits per heavy atom. The number of nitrogens with zero attached hydrogens (tertiary/aromatic N) is 3. The summed E-state index contributed by atoms with van der Waals surface area (Å²) in [6.07, 6.45) is 0.663. The fourth-order valence-corrected chi connectivity index (χ4v) is 2.89.